The second kappa shape index (κ2) is 3.47. The predicted molar refractivity (Wildman–Crippen MR) is 67.9 cm³/mol. The second-order valence-corrected chi connectivity index (χ2v) is 6.30. The summed E-state index contributed by atoms with van der Waals surface area (Å²) in [5.41, 5.74) is 1.61. The van der Waals surface area contributed by atoms with Gasteiger partial charge >= 0.3 is 5.97 Å². The molecule has 2 aliphatic carbocycles. The highest BCUT2D eigenvalue weighted by molar-refractivity contribution is 5.93. The van der Waals surface area contributed by atoms with Crippen molar-refractivity contribution in [1.82, 2.24) is 0 Å². The first-order valence-electron chi connectivity index (χ1n) is 6.71. The molecular formula is C15H20O3. The van der Waals surface area contributed by atoms with Crippen LogP contribution in [0.5, 0.6) is 0 Å². The summed E-state index contributed by atoms with van der Waals surface area (Å²) in [6.45, 7) is 8.07. The Balaban J connectivity index is 2.13. The normalized spacial score (nSPS) is 43.6. The maximum absolute atomic E-state index is 11.7. The van der Waals surface area contributed by atoms with Gasteiger partial charge in [-0.3, -0.25) is 0 Å². The van der Waals surface area contributed by atoms with E-state index in [-0.39, 0.29) is 11.0 Å². The van der Waals surface area contributed by atoms with Gasteiger partial charge in [0.2, 0.25) is 0 Å². The van der Waals surface area contributed by atoms with Gasteiger partial charge in [-0.15, -0.1) is 0 Å². The van der Waals surface area contributed by atoms with Gasteiger partial charge in [-0.05, 0) is 50.0 Å². The summed E-state index contributed by atoms with van der Waals surface area (Å²) in [7, 11) is 0. The van der Waals surface area contributed by atoms with Gasteiger partial charge in [0.15, 0.2) is 6.10 Å². The Kier molecular flexibility index (Phi) is 2.31. The zero-order valence-electron chi connectivity index (χ0n) is 11.1. The van der Waals surface area contributed by atoms with E-state index in [9.17, 15) is 9.90 Å². The lowest BCUT2D eigenvalue weighted by atomic mass is 9.59. The van der Waals surface area contributed by atoms with E-state index in [1.165, 1.54) is 12.0 Å². The van der Waals surface area contributed by atoms with E-state index in [1.54, 1.807) is 0 Å². The molecule has 1 saturated carbocycles. The first kappa shape index (κ1) is 12.0. The Bertz CT molecular complexity index is 476. The largest absolute Gasteiger partial charge is 0.451 e. The third-order valence-corrected chi connectivity index (χ3v) is 5.14. The van der Waals surface area contributed by atoms with Crippen LogP contribution in [0.3, 0.4) is 0 Å². The number of allylic oxidation sites excluding steroid dienone is 1. The third-order valence-electron chi connectivity index (χ3n) is 5.14. The van der Waals surface area contributed by atoms with Gasteiger partial charge in [0.05, 0.1) is 5.57 Å². The standard InChI is InChI=1S/C15H20O3/c1-9-5-4-6-14(3)7-8-15(17)10(2)13(16)18-12(15)11(9)14/h12,17H,2,4-8H2,1,3H3/t12-,14+,15?/m0/s1. The number of esters is 1. The molecule has 1 unspecified atom stereocenters. The van der Waals surface area contributed by atoms with Gasteiger partial charge in [-0.2, -0.15) is 0 Å². The maximum Gasteiger partial charge on any atom is 0.337 e. The van der Waals surface area contributed by atoms with Crippen LogP contribution < -0.4 is 0 Å². The lowest BCUT2D eigenvalue weighted by molar-refractivity contribution is -0.141. The SMILES string of the molecule is C=C1C(=O)O[C@H]2C3=C(C)CCC[C@]3(C)CCC12O. The molecule has 1 aliphatic heterocycles. The molecule has 0 amide bonds. The van der Waals surface area contributed by atoms with Gasteiger partial charge in [-0.25, -0.2) is 4.79 Å². The highest BCUT2D eigenvalue weighted by Gasteiger charge is 2.59. The average molecular weight is 248 g/mol. The van der Waals surface area contributed by atoms with Crippen molar-refractivity contribution in [2.24, 2.45) is 5.41 Å². The fourth-order valence-corrected chi connectivity index (χ4v) is 3.98. The molecule has 0 aromatic rings. The summed E-state index contributed by atoms with van der Waals surface area (Å²) in [5.74, 6) is -0.433. The lowest BCUT2D eigenvalue weighted by Gasteiger charge is -2.48. The number of fused-ring (bicyclic) bond motifs is 3. The molecule has 18 heavy (non-hydrogen) atoms. The molecule has 1 saturated heterocycles. The van der Waals surface area contributed by atoms with E-state index < -0.39 is 17.7 Å². The topological polar surface area (TPSA) is 46.5 Å². The van der Waals surface area contributed by atoms with Crippen molar-refractivity contribution in [1.29, 1.82) is 0 Å². The van der Waals surface area contributed by atoms with Gasteiger partial charge < -0.3 is 9.84 Å². The molecule has 1 heterocycles. The van der Waals surface area contributed by atoms with Gasteiger partial charge in [0.25, 0.3) is 0 Å². The Morgan fingerprint density at radius 3 is 2.83 bits per heavy atom. The molecule has 0 bridgehead atoms. The number of carbonyl (C=O) groups is 1. The maximum atomic E-state index is 11.7. The van der Waals surface area contributed by atoms with Crippen LogP contribution in [0, 0.1) is 5.41 Å². The molecule has 2 fully saturated rings. The Morgan fingerprint density at radius 2 is 2.11 bits per heavy atom. The fourth-order valence-electron chi connectivity index (χ4n) is 3.98. The Labute approximate surface area is 108 Å². The smallest absolute Gasteiger partial charge is 0.337 e. The number of carbonyl (C=O) groups excluding carboxylic acids is 1. The van der Waals surface area contributed by atoms with Crippen LogP contribution in [0.2, 0.25) is 0 Å². The lowest BCUT2D eigenvalue weighted by Crippen LogP contribution is -2.50. The molecule has 3 atom stereocenters. The van der Waals surface area contributed by atoms with Crippen molar-refractivity contribution in [3.63, 3.8) is 0 Å². The second-order valence-electron chi connectivity index (χ2n) is 6.30. The Hall–Kier alpha value is -1.09. The van der Waals surface area contributed by atoms with E-state index in [0.717, 1.165) is 24.8 Å². The van der Waals surface area contributed by atoms with Crippen molar-refractivity contribution in [2.75, 3.05) is 0 Å². The summed E-state index contributed by atoms with van der Waals surface area (Å²) in [6.07, 6.45) is 4.35. The molecule has 3 aliphatic rings. The number of aliphatic hydroxyl groups is 1. The van der Waals surface area contributed by atoms with Crippen molar-refractivity contribution >= 4 is 5.97 Å². The molecule has 1 N–H and O–H groups in total. The van der Waals surface area contributed by atoms with Crippen LogP contribution >= 0.6 is 0 Å². The first-order valence-corrected chi connectivity index (χ1v) is 6.71. The van der Waals surface area contributed by atoms with Crippen LogP contribution in [0.25, 0.3) is 0 Å². The van der Waals surface area contributed by atoms with Crippen LogP contribution in [0.4, 0.5) is 0 Å². The molecule has 0 aromatic heterocycles. The number of hydrogen-bond acceptors (Lipinski definition) is 3. The monoisotopic (exact) mass is 248 g/mol. The quantitative estimate of drug-likeness (QED) is 0.407. The van der Waals surface area contributed by atoms with Crippen LogP contribution in [-0.2, 0) is 9.53 Å². The average Bonchev–Trinajstić information content (AvgIpc) is 2.53. The predicted octanol–water partition coefficient (Wildman–Crippen LogP) is 2.50. The molecule has 0 spiro atoms. The van der Waals surface area contributed by atoms with Crippen molar-refractivity contribution in [2.45, 2.75) is 57.7 Å². The highest BCUT2D eigenvalue weighted by atomic mass is 16.6. The molecule has 98 valence electrons. The summed E-state index contributed by atoms with van der Waals surface area (Å²) in [5, 5.41) is 10.7. The minimum atomic E-state index is -1.16. The minimum Gasteiger partial charge on any atom is -0.451 e. The molecule has 3 rings (SSSR count). The minimum absolute atomic E-state index is 0.0874. The fraction of sp³-hybridized carbons (Fsp3) is 0.667. The van der Waals surface area contributed by atoms with Gasteiger partial charge in [-0.1, -0.05) is 19.1 Å². The zero-order valence-corrected chi connectivity index (χ0v) is 11.1. The molecule has 3 heteroatoms. The molecule has 0 radical (unpaired) electrons. The Morgan fingerprint density at radius 1 is 1.39 bits per heavy atom. The van der Waals surface area contributed by atoms with E-state index >= 15 is 0 Å². The third kappa shape index (κ3) is 1.31. The van der Waals surface area contributed by atoms with Crippen LogP contribution in [0.15, 0.2) is 23.3 Å². The van der Waals surface area contributed by atoms with Crippen LogP contribution in [-0.4, -0.2) is 22.8 Å². The summed E-state index contributed by atoms with van der Waals surface area (Å²) in [4.78, 5) is 11.7. The molecule has 0 aromatic carbocycles. The number of ether oxygens (including phenoxy) is 1. The highest BCUT2D eigenvalue weighted by Crippen LogP contribution is 2.56. The van der Waals surface area contributed by atoms with Crippen molar-refractivity contribution in [3.05, 3.63) is 23.3 Å². The van der Waals surface area contributed by atoms with Gasteiger partial charge in [0, 0.05) is 0 Å². The molecular weight excluding hydrogens is 228 g/mol. The zero-order chi connectivity index (χ0) is 13.1. The first-order chi connectivity index (χ1) is 8.38. The summed E-state index contributed by atoms with van der Waals surface area (Å²) >= 11 is 0. The molecule has 3 nitrogen and oxygen atoms in total. The number of hydrogen-bond donors (Lipinski definition) is 1. The van der Waals surface area contributed by atoms with E-state index in [1.807, 2.05) is 0 Å². The van der Waals surface area contributed by atoms with Crippen molar-refractivity contribution in [3.8, 4) is 0 Å². The van der Waals surface area contributed by atoms with E-state index in [4.69, 9.17) is 4.74 Å². The van der Waals surface area contributed by atoms with Crippen molar-refractivity contribution < 1.29 is 14.6 Å². The summed E-state index contributed by atoms with van der Waals surface area (Å²) in [6, 6.07) is 0. The number of rotatable bonds is 0. The van der Waals surface area contributed by atoms with E-state index in [0.29, 0.717) is 6.42 Å². The van der Waals surface area contributed by atoms with Crippen LogP contribution in [0.1, 0.15) is 46.0 Å². The van der Waals surface area contributed by atoms with Gasteiger partial charge in [0.1, 0.15) is 5.60 Å². The summed E-state index contributed by atoms with van der Waals surface area (Å²) < 4.78 is 5.44. The van der Waals surface area contributed by atoms with E-state index in [2.05, 4.69) is 20.4 Å².